The number of benzene rings is 2. The molecule has 1 amide bonds. The van der Waals surface area contributed by atoms with Gasteiger partial charge in [-0.2, -0.15) is 4.31 Å². The fraction of sp³-hybridized carbons (Fsp3) is 0.343. The first-order chi connectivity index (χ1) is 22.6. The summed E-state index contributed by atoms with van der Waals surface area (Å²) in [5, 5.41) is 11.8. The number of aromatic nitrogens is 5. The van der Waals surface area contributed by atoms with Crippen LogP contribution in [0.25, 0.3) is 11.0 Å². The van der Waals surface area contributed by atoms with Gasteiger partial charge in [-0.25, -0.2) is 18.1 Å². The number of anilines is 1. The molecule has 3 aromatic heterocycles. The standard InChI is InChI=1S/C35H39N7O4S/c1-6-28-21-41(47(44,45)31-11-9-17-37-35(31)46-28)20-26-18-25(13-12-22(26)3)32(24(5)34(43)38-27-10-8-16-36-19-27)29-14-15-30-33(23(29)4)39-40-42(30)7-2/h8-19,24,28,32H,6-7,20-21H2,1-5H3,(H,38,43)/t24?,28-,32?/m1/s1. The molecule has 1 N–H and O–H groups in total. The SMILES string of the molecule is CC[C@@H]1CN(Cc2cc(C(c3ccc4c(nnn4CC)c3C)C(C)C(=O)Nc3cccnc3)ccc2C)S(=O)(=O)c2cccnc2O1. The molecule has 2 unspecified atom stereocenters. The van der Waals surface area contributed by atoms with Gasteiger partial charge in [0.15, 0.2) is 0 Å². The number of amides is 1. The Morgan fingerprint density at radius 2 is 1.89 bits per heavy atom. The van der Waals surface area contributed by atoms with E-state index in [4.69, 9.17) is 4.74 Å². The maximum Gasteiger partial charge on any atom is 0.248 e. The molecule has 1 aliphatic heterocycles. The molecule has 6 rings (SSSR count). The molecule has 1 aliphatic rings. The second-order valence-electron chi connectivity index (χ2n) is 12.0. The van der Waals surface area contributed by atoms with E-state index in [0.717, 1.165) is 38.9 Å². The van der Waals surface area contributed by atoms with Crippen molar-refractivity contribution in [1.29, 1.82) is 0 Å². The number of hydrogen-bond acceptors (Lipinski definition) is 8. The third kappa shape index (κ3) is 6.22. The van der Waals surface area contributed by atoms with Gasteiger partial charge in [0.1, 0.15) is 16.5 Å². The van der Waals surface area contributed by atoms with Gasteiger partial charge in [0.05, 0.1) is 23.9 Å². The summed E-state index contributed by atoms with van der Waals surface area (Å²) in [5.41, 5.74) is 6.89. The van der Waals surface area contributed by atoms with E-state index in [2.05, 4.69) is 31.7 Å². The molecule has 0 spiro atoms. The highest BCUT2D eigenvalue weighted by Gasteiger charge is 2.36. The van der Waals surface area contributed by atoms with Crippen LogP contribution in [0.3, 0.4) is 0 Å². The number of nitrogens with one attached hydrogen (secondary N) is 1. The minimum Gasteiger partial charge on any atom is -0.472 e. The van der Waals surface area contributed by atoms with Crippen molar-refractivity contribution >= 4 is 32.7 Å². The van der Waals surface area contributed by atoms with Gasteiger partial charge in [-0.15, -0.1) is 5.10 Å². The molecule has 244 valence electrons. The third-order valence-electron chi connectivity index (χ3n) is 9.03. The first-order valence-electron chi connectivity index (χ1n) is 15.9. The number of aryl methyl sites for hydroxylation is 3. The molecule has 0 saturated carbocycles. The molecule has 12 heteroatoms. The van der Waals surface area contributed by atoms with Crippen LogP contribution in [-0.2, 0) is 27.9 Å². The highest BCUT2D eigenvalue weighted by molar-refractivity contribution is 7.89. The van der Waals surface area contributed by atoms with Gasteiger partial charge in [-0.3, -0.25) is 9.78 Å². The summed E-state index contributed by atoms with van der Waals surface area (Å²) in [6.45, 7) is 10.9. The Kier molecular flexibility index (Phi) is 9.07. The zero-order chi connectivity index (χ0) is 33.3. The van der Waals surface area contributed by atoms with Crippen molar-refractivity contribution in [2.24, 2.45) is 5.92 Å². The molecule has 3 atom stereocenters. The van der Waals surface area contributed by atoms with Crippen molar-refractivity contribution in [3.63, 3.8) is 0 Å². The summed E-state index contributed by atoms with van der Waals surface area (Å²) < 4.78 is 37.2. The second kappa shape index (κ2) is 13.2. The lowest BCUT2D eigenvalue weighted by molar-refractivity contribution is -0.119. The van der Waals surface area contributed by atoms with E-state index in [1.165, 1.54) is 16.6 Å². The van der Waals surface area contributed by atoms with E-state index in [1.807, 2.05) is 63.6 Å². The van der Waals surface area contributed by atoms with Crippen LogP contribution in [0.2, 0.25) is 0 Å². The number of rotatable bonds is 9. The average Bonchev–Trinajstić information content (AvgIpc) is 3.46. The van der Waals surface area contributed by atoms with Gasteiger partial charge in [0.25, 0.3) is 0 Å². The maximum atomic E-state index is 13.9. The van der Waals surface area contributed by atoms with Gasteiger partial charge in [0, 0.05) is 37.3 Å². The van der Waals surface area contributed by atoms with Crippen LogP contribution in [0, 0.1) is 19.8 Å². The zero-order valence-corrected chi connectivity index (χ0v) is 28.0. The van der Waals surface area contributed by atoms with Crippen molar-refractivity contribution < 1.29 is 17.9 Å². The number of sulfonamides is 1. The lowest BCUT2D eigenvalue weighted by Gasteiger charge is -2.28. The number of carbonyl (C=O) groups is 1. The fourth-order valence-electron chi connectivity index (χ4n) is 6.26. The summed E-state index contributed by atoms with van der Waals surface area (Å²) >= 11 is 0. The molecule has 0 fully saturated rings. The van der Waals surface area contributed by atoms with E-state index in [-0.39, 0.29) is 41.8 Å². The summed E-state index contributed by atoms with van der Waals surface area (Å²) in [6, 6.07) is 16.9. The van der Waals surface area contributed by atoms with Crippen molar-refractivity contribution in [2.45, 2.75) is 71.0 Å². The molecule has 5 aromatic rings. The van der Waals surface area contributed by atoms with E-state index in [0.29, 0.717) is 18.7 Å². The topological polar surface area (TPSA) is 132 Å². The minimum absolute atomic E-state index is 0.0624. The van der Waals surface area contributed by atoms with Crippen LogP contribution >= 0.6 is 0 Å². The Hall–Kier alpha value is -4.68. The van der Waals surface area contributed by atoms with Gasteiger partial charge in [-0.1, -0.05) is 43.3 Å². The van der Waals surface area contributed by atoms with E-state index >= 15 is 0 Å². The average molecular weight is 654 g/mol. The van der Waals surface area contributed by atoms with Gasteiger partial charge >= 0.3 is 0 Å². The van der Waals surface area contributed by atoms with Crippen LogP contribution in [0.1, 0.15) is 60.9 Å². The minimum atomic E-state index is -3.90. The molecule has 4 heterocycles. The van der Waals surface area contributed by atoms with Crippen LogP contribution in [0.5, 0.6) is 5.88 Å². The maximum absolute atomic E-state index is 13.9. The molecule has 0 bridgehead atoms. The number of pyridine rings is 2. The quantitative estimate of drug-likeness (QED) is 0.217. The molecule has 0 saturated heterocycles. The summed E-state index contributed by atoms with van der Waals surface area (Å²) in [5.74, 6) is -0.920. The second-order valence-corrected chi connectivity index (χ2v) is 13.9. The summed E-state index contributed by atoms with van der Waals surface area (Å²) in [6.07, 6.45) is 5.09. The molecule has 2 aromatic carbocycles. The number of carbonyl (C=O) groups excluding carboxylic acids is 1. The van der Waals surface area contributed by atoms with Crippen molar-refractivity contribution in [2.75, 3.05) is 11.9 Å². The zero-order valence-electron chi connectivity index (χ0n) is 27.2. The van der Waals surface area contributed by atoms with Crippen molar-refractivity contribution in [1.82, 2.24) is 29.3 Å². The van der Waals surface area contributed by atoms with Gasteiger partial charge in [-0.05, 0) is 85.3 Å². The summed E-state index contributed by atoms with van der Waals surface area (Å²) in [7, 11) is -3.90. The summed E-state index contributed by atoms with van der Waals surface area (Å²) in [4.78, 5) is 22.3. The molecular formula is C35H39N7O4S. The largest absolute Gasteiger partial charge is 0.472 e. The Labute approximate surface area is 275 Å². The Balaban J connectivity index is 1.43. The highest BCUT2D eigenvalue weighted by Crippen LogP contribution is 2.38. The van der Waals surface area contributed by atoms with E-state index < -0.39 is 15.9 Å². The molecule has 11 nitrogen and oxygen atoms in total. The number of fused-ring (bicyclic) bond motifs is 2. The van der Waals surface area contributed by atoms with Crippen LogP contribution in [-0.4, -0.2) is 56.2 Å². The lowest BCUT2D eigenvalue weighted by atomic mass is 9.78. The van der Waals surface area contributed by atoms with Gasteiger partial charge < -0.3 is 10.1 Å². The van der Waals surface area contributed by atoms with E-state index in [1.54, 1.807) is 30.6 Å². The lowest BCUT2D eigenvalue weighted by Crippen LogP contribution is -2.36. The first-order valence-corrected chi connectivity index (χ1v) is 17.3. The highest BCUT2D eigenvalue weighted by atomic mass is 32.2. The predicted octanol–water partition coefficient (Wildman–Crippen LogP) is 5.63. The Morgan fingerprint density at radius 1 is 1.09 bits per heavy atom. The molecule has 0 radical (unpaired) electrons. The molecular weight excluding hydrogens is 614 g/mol. The van der Waals surface area contributed by atoms with E-state index in [9.17, 15) is 13.2 Å². The fourth-order valence-corrected chi connectivity index (χ4v) is 7.78. The number of ether oxygens (including phenoxy) is 1. The predicted molar refractivity (Wildman–Crippen MR) is 180 cm³/mol. The van der Waals surface area contributed by atoms with Crippen molar-refractivity contribution in [3.8, 4) is 5.88 Å². The van der Waals surface area contributed by atoms with Crippen LogP contribution < -0.4 is 10.1 Å². The molecule has 47 heavy (non-hydrogen) atoms. The van der Waals surface area contributed by atoms with Gasteiger partial charge in [0.2, 0.25) is 21.8 Å². The Bertz CT molecular complexity index is 2030. The number of nitrogens with zero attached hydrogens (tertiary/aromatic N) is 6. The van der Waals surface area contributed by atoms with Crippen LogP contribution in [0.15, 0.2) is 78.1 Å². The normalized spacial score (nSPS) is 17.3. The first kappa shape index (κ1) is 32.3. The smallest absolute Gasteiger partial charge is 0.248 e. The third-order valence-corrected chi connectivity index (χ3v) is 10.9. The Morgan fingerprint density at radius 3 is 2.64 bits per heavy atom. The number of hydrogen-bond donors (Lipinski definition) is 1. The van der Waals surface area contributed by atoms with Crippen LogP contribution in [0.4, 0.5) is 5.69 Å². The molecule has 0 aliphatic carbocycles. The monoisotopic (exact) mass is 653 g/mol. The van der Waals surface area contributed by atoms with Crippen molar-refractivity contribution in [3.05, 3.63) is 101 Å².